The third-order valence-electron chi connectivity index (χ3n) is 3.69. The fraction of sp³-hybridized carbons (Fsp3) is 0.923. The average molecular weight is 313 g/mol. The summed E-state index contributed by atoms with van der Waals surface area (Å²) in [7, 11) is 0. The molecule has 2 aliphatic rings. The number of rotatable bonds is 0. The van der Waals surface area contributed by atoms with Crippen LogP contribution in [0.25, 0.3) is 0 Å². The van der Waals surface area contributed by atoms with Crippen molar-refractivity contribution in [3.63, 3.8) is 0 Å². The fourth-order valence-electron chi connectivity index (χ4n) is 2.73. The molecule has 0 aromatic heterocycles. The Morgan fingerprint density at radius 1 is 1.25 bits per heavy atom. The molecule has 0 aliphatic carbocycles. The van der Waals surface area contributed by atoms with Gasteiger partial charge in [-0.15, -0.1) is 12.4 Å². The lowest BCUT2D eigenvalue weighted by atomic mass is 9.85. The third kappa shape index (κ3) is 4.19. The van der Waals surface area contributed by atoms with Gasteiger partial charge in [-0.05, 0) is 33.6 Å². The Bertz CT molecular complexity index is 364. The summed E-state index contributed by atoms with van der Waals surface area (Å²) >= 11 is 0. The van der Waals surface area contributed by atoms with E-state index in [4.69, 9.17) is 4.74 Å². The van der Waals surface area contributed by atoms with Crippen LogP contribution < -0.4 is 5.32 Å². The van der Waals surface area contributed by atoms with Gasteiger partial charge in [0.15, 0.2) is 0 Å². The number of hydrogen-bond donors (Lipinski definition) is 1. The molecule has 0 radical (unpaired) electrons. The number of ether oxygens (including phenoxy) is 1. The first-order valence-corrected chi connectivity index (χ1v) is 6.72. The lowest BCUT2D eigenvalue weighted by molar-refractivity contribution is 0.00239. The van der Waals surface area contributed by atoms with E-state index in [1.54, 1.807) is 4.90 Å². The monoisotopic (exact) mass is 312 g/mol. The Kier molecular flexibility index (Phi) is 4.91. The highest BCUT2D eigenvalue weighted by atomic mass is 35.5. The van der Waals surface area contributed by atoms with E-state index in [1.807, 2.05) is 20.8 Å². The van der Waals surface area contributed by atoms with Crippen molar-refractivity contribution in [2.45, 2.75) is 57.1 Å². The van der Waals surface area contributed by atoms with Crippen LogP contribution in [-0.4, -0.2) is 47.7 Å². The zero-order chi connectivity index (χ0) is 14.3. The Balaban J connectivity index is 0.00000200. The number of carbonyl (C=O) groups excluding carboxylic acids is 1. The van der Waals surface area contributed by atoms with E-state index in [0.29, 0.717) is 25.9 Å². The molecule has 1 amide bonds. The molecule has 0 bridgehead atoms. The molecule has 0 unspecified atom stereocenters. The van der Waals surface area contributed by atoms with E-state index in [1.165, 1.54) is 0 Å². The van der Waals surface area contributed by atoms with Gasteiger partial charge < -0.3 is 15.0 Å². The van der Waals surface area contributed by atoms with Crippen molar-refractivity contribution in [3.05, 3.63) is 0 Å². The van der Waals surface area contributed by atoms with Crippen LogP contribution >= 0.6 is 12.4 Å². The predicted octanol–water partition coefficient (Wildman–Crippen LogP) is 2.81. The maximum atomic E-state index is 13.3. The molecule has 2 saturated heterocycles. The molecule has 0 aromatic rings. The molecule has 20 heavy (non-hydrogen) atoms. The van der Waals surface area contributed by atoms with Gasteiger partial charge in [0.05, 0.1) is 6.54 Å². The summed E-state index contributed by atoms with van der Waals surface area (Å²) in [4.78, 5) is 13.5. The van der Waals surface area contributed by atoms with Crippen molar-refractivity contribution in [1.82, 2.24) is 10.2 Å². The smallest absolute Gasteiger partial charge is 0.410 e. The molecule has 2 fully saturated rings. The standard InChI is InChI=1S/C13H22F2N2O2.ClH/c1-11(2,3)19-10(18)17-6-4-12(5-7-17)8-13(14,15)9-16-12;/h16H,4-9H2,1-3H3;1H. The number of carbonyl (C=O) groups is 1. The number of nitrogens with one attached hydrogen (secondary N) is 1. The van der Waals surface area contributed by atoms with E-state index in [0.717, 1.165) is 0 Å². The number of hydrogen-bond acceptors (Lipinski definition) is 3. The van der Waals surface area contributed by atoms with Crippen molar-refractivity contribution in [1.29, 1.82) is 0 Å². The third-order valence-corrected chi connectivity index (χ3v) is 3.69. The SMILES string of the molecule is CC(C)(C)OC(=O)N1CCC2(CC1)CC(F)(F)CN2.Cl. The highest BCUT2D eigenvalue weighted by Crippen LogP contribution is 2.38. The van der Waals surface area contributed by atoms with E-state index in [2.05, 4.69) is 5.32 Å². The number of amides is 1. The Morgan fingerprint density at radius 3 is 2.20 bits per heavy atom. The van der Waals surface area contributed by atoms with Gasteiger partial charge in [-0.2, -0.15) is 0 Å². The van der Waals surface area contributed by atoms with Crippen molar-refractivity contribution >= 4 is 18.5 Å². The van der Waals surface area contributed by atoms with Crippen LogP contribution in [0.1, 0.15) is 40.0 Å². The van der Waals surface area contributed by atoms with E-state index < -0.39 is 17.1 Å². The topological polar surface area (TPSA) is 41.6 Å². The Labute approximate surface area is 124 Å². The summed E-state index contributed by atoms with van der Waals surface area (Å²) in [6.07, 6.45) is 0.637. The largest absolute Gasteiger partial charge is 0.444 e. The van der Waals surface area contributed by atoms with Gasteiger partial charge in [0.25, 0.3) is 5.92 Å². The maximum absolute atomic E-state index is 13.3. The van der Waals surface area contributed by atoms with Crippen LogP contribution in [0, 0.1) is 0 Å². The van der Waals surface area contributed by atoms with Crippen molar-refractivity contribution in [2.75, 3.05) is 19.6 Å². The van der Waals surface area contributed by atoms with Gasteiger partial charge in [0.2, 0.25) is 0 Å². The van der Waals surface area contributed by atoms with Gasteiger partial charge in [0.1, 0.15) is 5.60 Å². The zero-order valence-corrected chi connectivity index (χ0v) is 13.0. The second kappa shape index (κ2) is 5.64. The molecular formula is C13H23ClF2N2O2. The normalized spacial score (nSPS) is 24.4. The zero-order valence-electron chi connectivity index (χ0n) is 12.2. The highest BCUT2D eigenvalue weighted by Gasteiger charge is 2.50. The lowest BCUT2D eigenvalue weighted by Gasteiger charge is -2.39. The Hall–Kier alpha value is -0.620. The number of piperidine rings is 1. The second-order valence-corrected chi connectivity index (χ2v) is 6.63. The molecule has 1 spiro atoms. The first-order chi connectivity index (χ1) is 8.61. The van der Waals surface area contributed by atoms with Crippen LogP contribution in [-0.2, 0) is 4.74 Å². The average Bonchev–Trinajstić information content (AvgIpc) is 2.53. The fourth-order valence-corrected chi connectivity index (χ4v) is 2.73. The van der Waals surface area contributed by atoms with Crippen LogP contribution in [0.15, 0.2) is 0 Å². The summed E-state index contributed by atoms with van der Waals surface area (Å²) in [5.74, 6) is -2.62. The van der Waals surface area contributed by atoms with Gasteiger partial charge >= 0.3 is 6.09 Å². The van der Waals surface area contributed by atoms with Crippen molar-refractivity contribution < 1.29 is 18.3 Å². The first kappa shape index (κ1) is 17.4. The summed E-state index contributed by atoms with van der Waals surface area (Å²) in [5, 5.41) is 2.94. The molecule has 4 nitrogen and oxygen atoms in total. The number of nitrogens with zero attached hydrogens (tertiary/aromatic N) is 1. The minimum absolute atomic E-state index is 0. The van der Waals surface area contributed by atoms with Gasteiger partial charge in [-0.3, -0.25) is 0 Å². The second-order valence-electron chi connectivity index (χ2n) is 6.63. The van der Waals surface area contributed by atoms with Gasteiger partial charge in [0, 0.05) is 25.0 Å². The highest BCUT2D eigenvalue weighted by molar-refractivity contribution is 5.85. The molecule has 2 aliphatic heterocycles. The molecule has 1 N–H and O–H groups in total. The molecule has 0 aromatic carbocycles. The number of alkyl halides is 2. The Morgan fingerprint density at radius 2 is 1.80 bits per heavy atom. The molecule has 2 heterocycles. The molecular weight excluding hydrogens is 290 g/mol. The van der Waals surface area contributed by atoms with Crippen LogP contribution in [0.2, 0.25) is 0 Å². The van der Waals surface area contributed by atoms with Crippen molar-refractivity contribution in [3.8, 4) is 0 Å². The lowest BCUT2D eigenvalue weighted by Crippen LogP contribution is -2.52. The minimum atomic E-state index is -2.62. The van der Waals surface area contributed by atoms with E-state index >= 15 is 0 Å². The van der Waals surface area contributed by atoms with Crippen LogP contribution in [0.3, 0.4) is 0 Å². The van der Waals surface area contributed by atoms with Gasteiger partial charge in [-0.25, -0.2) is 13.6 Å². The predicted molar refractivity (Wildman–Crippen MR) is 74.6 cm³/mol. The van der Waals surface area contributed by atoms with E-state index in [-0.39, 0.29) is 31.5 Å². The van der Waals surface area contributed by atoms with Crippen LogP contribution in [0.4, 0.5) is 13.6 Å². The van der Waals surface area contributed by atoms with Crippen molar-refractivity contribution in [2.24, 2.45) is 0 Å². The summed E-state index contributed by atoms with van der Waals surface area (Å²) in [6.45, 7) is 6.13. The molecule has 0 saturated carbocycles. The summed E-state index contributed by atoms with van der Waals surface area (Å²) in [5.41, 5.74) is -1.02. The number of halogens is 3. The quantitative estimate of drug-likeness (QED) is 0.748. The number of likely N-dealkylation sites (tertiary alicyclic amines) is 1. The first-order valence-electron chi connectivity index (χ1n) is 6.72. The van der Waals surface area contributed by atoms with Gasteiger partial charge in [-0.1, -0.05) is 0 Å². The van der Waals surface area contributed by atoms with Crippen LogP contribution in [0.5, 0.6) is 0 Å². The molecule has 0 atom stereocenters. The summed E-state index contributed by atoms with van der Waals surface area (Å²) < 4.78 is 31.9. The minimum Gasteiger partial charge on any atom is -0.444 e. The molecule has 118 valence electrons. The maximum Gasteiger partial charge on any atom is 0.410 e. The molecule has 2 rings (SSSR count). The summed E-state index contributed by atoms with van der Waals surface area (Å²) in [6, 6.07) is 0. The van der Waals surface area contributed by atoms with E-state index in [9.17, 15) is 13.6 Å². The molecule has 7 heteroatoms.